The highest BCUT2D eigenvalue weighted by molar-refractivity contribution is 6.21. The van der Waals surface area contributed by atoms with E-state index in [0.29, 0.717) is 6.73 Å². The van der Waals surface area contributed by atoms with Gasteiger partial charge in [0.15, 0.2) is 0 Å². The lowest BCUT2D eigenvalue weighted by molar-refractivity contribution is 0.183. The number of methoxy groups -OCH3 is 1. The minimum atomic E-state index is 0.532. The fourth-order valence-corrected chi connectivity index (χ4v) is 0.838. The van der Waals surface area contributed by atoms with Crippen LogP contribution in [0.4, 0.5) is 0 Å². The van der Waals surface area contributed by atoms with Gasteiger partial charge in [-0.3, -0.25) is 0 Å². The number of hydrogen-bond donors (Lipinski definition) is 1. The highest BCUT2D eigenvalue weighted by Crippen LogP contribution is 2.04. The molecule has 11 heavy (non-hydrogen) atoms. The minimum Gasteiger partial charge on any atom is -0.367 e. The summed E-state index contributed by atoms with van der Waals surface area (Å²) in [5.74, 6) is 0. The number of nitrogens with one attached hydrogen (secondary N) is 1. The lowest BCUT2D eigenvalue weighted by Gasteiger charge is -2.11. The van der Waals surface area contributed by atoms with Gasteiger partial charge in [0.1, 0.15) is 14.6 Å². The van der Waals surface area contributed by atoms with Crippen LogP contribution in [0.3, 0.4) is 0 Å². The summed E-state index contributed by atoms with van der Waals surface area (Å²) in [4.78, 5) is 0. The fourth-order valence-electron chi connectivity index (χ4n) is 0.838. The van der Waals surface area contributed by atoms with E-state index in [4.69, 9.17) is 12.6 Å². The molecule has 0 saturated heterocycles. The Hall–Kier alpha value is -0.435. The van der Waals surface area contributed by atoms with Gasteiger partial charge in [0.25, 0.3) is 0 Å². The summed E-state index contributed by atoms with van der Waals surface area (Å²) in [6.07, 6.45) is 1.82. The van der Waals surface area contributed by atoms with Gasteiger partial charge >= 0.3 is 0 Å². The van der Waals surface area contributed by atoms with Crippen LogP contribution in [0.1, 0.15) is 26.7 Å². The molecule has 0 aromatic heterocycles. The molecule has 0 aromatic rings. The van der Waals surface area contributed by atoms with Gasteiger partial charge in [-0.1, -0.05) is 19.3 Å². The highest BCUT2D eigenvalue weighted by Gasteiger charge is 1.95. The van der Waals surface area contributed by atoms with Gasteiger partial charge in [-0.2, -0.15) is 0 Å². The van der Waals surface area contributed by atoms with Gasteiger partial charge in [-0.05, 0) is 12.8 Å². The second-order valence-corrected chi connectivity index (χ2v) is 2.32. The lowest BCUT2D eigenvalue weighted by atomic mass is 9.90. The predicted octanol–water partition coefficient (Wildman–Crippen LogP) is 1.38. The lowest BCUT2D eigenvalue weighted by Crippen LogP contribution is -2.17. The second kappa shape index (κ2) is 6.29. The maximum absolute atomic E-state index is 5.73. The van der Waals surface area contributed by atoms with Gasteiger partial charge in [0.2, 0.25) is 0 Å². The zero-order chi connectivity index (χ0) is 8.69. The number of ether oxygens (including phenoxy) is 1. The first-order chi connectivity index (χ1) is 5.26. The van der Waals surface area contributed by atoms with Gasteiger partial charge in [0, 0.05) is 12.8 Å². The Bertz CT molecular complexity index is 134. The molecule has 0 aliphatic heterocycles. The van der Waals surface area contributed by atoms with Crippen molar-refractivity contribution in [3.05, 3.63) is 11.2 Å². The fraction of sp³-hybridized carbons (Fsp3) is 0.750. The Kier molecular flexibility index (Phi) is 6.04. The Labute approximate surface area is 70.4 Å². The van der Waals surface area contributed by atoms with Crippen LogP contribution in [0.5, 0.6) is 0 Å². The Balaban J connectivity index is 3.92. The van der Waals surface area contributed by atoms with E-state index in [1.807, 2.05) is 6.92 Å². The van der Waals surface area contributed by atoms with Crippen LogP contribution in [0.25, 0.3) is 0 Å². The molecule has 0 amide bonds. The van der Waals surface area contributed by atoms with Crippen LogP contribution in [-0.4, -0.2) is 21.7 Å². The maximum atomic E-state index is 5.73. The summed E-state index contributed by atoms with van der Waals surface area (Å²) < 4.78 is 4.87. The Morgan fingerprint density at radius 3 is 2.36 bits per heavy atom. The van der Waals surface area contributed by atoms with Gasteiger partial charge in [-0.25, -0.2) is 0 Å². The predicted molar refractivity (Wildman–Crippen MR) is 48.4 cm³/mol. The maximum Gasteiger partial charge on any atom is 0.115 e. The molecule has 0 atom stereocenters. The van der Waals surface area contributed by atoms with Crippen molar-refractivity contribution in [2.45, 2.75) is 26.7 Å². The third kappa shape index (κ3) is 4.09. The van der Waals surface area contributed by atoms with E-state index < -0.39 is 0 Å². The average molecular weight is 153 g/mol. The first-order valence-corrected chi connectivity index (χ1v) is 3.96. The van der Waals surface area contributed by atoms with Crippen molar-refractivity contribution < 1.29 is 4.74 Å². The molecule has 0 heterocycles. The SMILES string of the molecule is [B]/C(CC)=C(/CC)NCOC. The molecule has 62 valence electrons. The van der Waals surface area contributed by atoms with E-state index in [9.17, 15) is 0 Å². The monoisotopic (exact) mass is 153 g/mol. The summed E-state index contributed by atoms with van der Waals surface area (Å²) in [7, 11) is 7.39. The minimum absolute atomic E-state index is 0.532. The highest BCUT2D eigenvalue weighted by atomic mass is 16.5. The largest absolute Gasteiger partial charge is 0.367 e. The van der Waals surface area contributed by atoms with Gasteiger partial charge in [0.05, 0.1) is 0 Å². The normalized spacial score (nSPS) is 12.6. The quantitative estimate of drug-likeness (QED) is 0.475. The van der Waals surface area contributed by atoms with Crippen LogP contribution in [0.15, 0.2) is 11.2 Å². The first-order valence-electron chi connectivity index (χ1n) is 3.96. The Morgan fingerprint density at radius 1 is 1.36 bits per heavy atom. The smallest absolute Gasteiger partial charge is 0.115 e. The molecule has 0 aliphatic carbocycles. The molecule has 2 radical (unpaired) electrons. The molecule has 0 saturated carbocycles. The molecule has 0 bridgehead atoms. The van der Waals surface area contributed by atoms with Crippen LogP contribution in [0.2, 0.25) is 0 Å². The zero-order valence-corrected chi connectivity index (χ0v) is 7.61. The summed E-state index contributed by atoms with van der Waals surface area (Å²) in [6, 6.07) is 0. The van der Waals surface area contributed by atoms with Crippen LogP contribution in [-0.2, 0) is 4.74 Å². The van der Waals surface area contributed by atoms with Crippen molar-refractivity contribution in [1.29, 1.82) is 0 Å². The summed E-state index contributed by atoms with van der Waals surface area (Å²) >= 11 is 0. The van der Waals surface area contributed by atoms with Crippen LogP contribution >= 0.6 is 0 Å². The molecule has 0 aliphatic rings. The zero-order valence-electron chi connectivity index (χ0n) is 7.61. The van der Waals surface area contributed by atoms with Gasteiger partial charge in [-0.15, -0.1) is 0 Å². The molecule has 0 rings (SSSR count). The molecule has 0 aromatic carbocycles. The molecule has 0 unspecified atom stereocenters. The van der Waals surface area contributed by atoms with Crippen molar-refractivity contribution in [3.63, 3.8) is 0 Å². The molecule has 0 fully saturated rings. The van der Waals surface area contributed by atoms with Crippen molar-refractivity contribution in [1.82, 2.24) is 5.32 Å². The Morgan fingerprint density at radius 2 is 2.00 bits per heavy atom. The number of hydrogen-bond acceptors (Lipinski definition) is 2. The number of rotatable bonds is 5. The van der Waals surface area contributed by atoms with Crippen LogP contribution in [0, 0.1) is 0 Å². The molecule has 0 spiro atoms. The van der Waals surface area contributed by atoms with E-state index in [-0.39, 0.29) is 0 Å². The first kappa shape index (κ1) is 10.6. The molecular formula is C8H16BNO. The van der Waals surface area contributed by atoms with E-state index in [2.05, 4.69) is 12.2 Å². The summed E-state index contributed by atoms with van der Waals surface area (Å²) in [5.41, 5.74) is 2.01. The standard InChI is InChI=1S/C8H16BNO/c1-4-7(9)8(5-2)10-6-11-3/h10H,4-6H2,1-3H3/b8-7-. The van der Waals surface area contributed by atoms with Crippen molar-refractivity contribution in [2.24, 2.45) is 0 Å². The number of allylic oxidation sites excluding steroid dienone is 2. The third-order valence-corrected chi connectivity index (χ3v) is 1.55. The average Bonchev–Trinajstić information content (AvgIpc) is 2.05. The van der Waals surface area contributed by atoms with E-state index in [1.165, 1.54) is 0 Å². The molecule has 1 N–H and O–H groups in total. The van der Waals surface area contributed by atoms with Crippen molar-refractivity contribution in [2.75, 3.05) is 13.8 Å². The molecule has 2 nitrogen and oxygen atoms in total. The van der Waals surface area contributed by atoms with Crippen molar-refractivity contribution in [3.8, 4) is 0 Å². The molecular weight excluding hydrogens is 137 g/mol. The molecule has 3 heteroatoms. The summed E-state index contributed by atoms with van der Waals surface area (Å²) in [6.45, 7) is 4.64. The van der Waals surface area contributed by atoms with Gasteiger partial charge < -0.3 is 10.1 Å². The van der Waals surface area contributed by atoms with E-state index >= 15 is 0 Å². The van der Waals surface area contributed by atoms with E-state index in [0.717, 1.165) is 24.0 Å². The van der Waals surface area contributed by atoms with Crippen molar-refractivity contribution >= 4 is 7.85 Å². The van der Waals surface area contributed by atoms with E-state index in [1.54, 1.807) is 7.11 Å². The third-order valence-electron chi connectivity index (χ3n) is 1.55. The second-order valence-electron chi connectivity index (χ2n) is 2.32. The summed E-state index contributed by atoms with van der Waals surface area (Å²) in [5, 5.41) is 3.10. The topological polar surface area (TPSA) is 21.3 Å². The van der Waals surface area contributed by atoms with Crippen LogP contribution < -0.4 is 5.32 Å².